The fourth-order valence-corrected chi connectivity index (χ4v) is 3.20. The molecule has 1 heterocycles. The molecule has 152 valence electrons. The minimum atomic E-state index is -1.03. The molecule has 2 aromatic carbocycles. The molecule has 2 amide bonds. The summed E-state index contributed by atoms with van der Waals surface area (Å²) in [6.07, 6.45) is -1.11. The standard InChI is InChI=1S/C22H23FN2O4/c1-13-8-9-14(2)18(10-13)24-21(27)15(3)29-22(28)16-11-20(26)25(12-16)19-7-5-4-6-17(19)23/h4-10,15-16H,11-12H2,1-3H3,(H,24,27)/t15-,16-/m0/s1. The van der Waals surface area contributed by atoms with Crippen molar-refractivity contribution in [2.45, 2.75) is 33.3 Å². The smallest absolute Gasteiger partial charge is 0.312 e. The molecular formula is C22H23FN2O4. The molecule has 0 unspecified atom stereocenters. The van der Waals surface area contributed by atoms with E-state index in [0.717, 1.165) is 11.1 Å². The maximum atomic E-state index is 14.0. The van der Waals surface area contributed by atoms with Crippen LogP contribution in [0.3, 0.4) is 0 Å². The zero-order valence-electron chi connectivity index (χ0n) is 16.6. The molecule has 0 spiro atoms. The molecule has 1 aliphatic rings. The highest BCUT2D eigenvalue weighted by atomic mass is 19.1. The minimum Gasteiger partial charge on any atom is -0.452 e. The summed E-state index contributed by atoms with van der Waals surface area (Å²) >= 11 is 0. The first-order chi connectivity index (χ1) is 13.8. The van der Waals surface area contributed by atoms with Crippen molar-refractivity contribution < 1.29 is 23.5 Å². The lowest BCUT2D eigenvalue weighted by Crippen LogP contribution is -2.33. The van der Waals surface area contributed by atoms with Gasteiger partial charge in [-0.05, 0) is 50.1 Å². The molecule has 2 aromatic rings. The van der Waals surface area contributed by atoms with E-state index < -0.39 is 29.7 Å². The predicted molar refractivity (Wildman–Crippen MR) is 107 cm³/mol. The van der Waals surface area contributed by atoms with Crippen molar-refractivity contribution in [3.8, 4) is 0 Å². The van der Waals surface area contributed by atoms with E-state index in [1.54, 1.807) is 6.07 Å². The van der Waals surface area contributed by atoms with Crippen molar-refractivity contribution in [1.29, 1.82) is 0 Å². The Bertz CT molecular complexity index is 960. The number of amides is 2. The number of anilines is 2. The molecule has 1 fully saturated rings. The Kier molecular flexibility index (Phi) is 5.96. The summed E-state index contributed by atoms with van der Waals surface area (Å²) in [6.45, 7) is 5.28. The molecule has 29 heavy (non-hydrogen) atoms. The molecule has 0 bridgehead atoms. The van der Waals surface area contributed by atoms with Gasteiger partial charge in [0.2, 0.25) is 5.91 Å². The van der Waals surface area contributed by atoms with E-state index in [1.165, 1.54) is 30.0 Å². The van der Waals surface area contributed by atoms with E-state index in [1.807, 2.05) is 32.0 Å². The number of para-hydroxylation sites is 1. The van der Waals surface area contributed by atoms with Gasteiger partial charge in [-0.25, -0.2) is 4.39 Å². The number of hydrogen-bond acceptors (Lipinski definition) is 4. The largest absolute Gasteiger partial charge is 0.452 e. The molecule has 0 aromatic heterocycles. The van der Waals surface area contributed by atoms with Crippen molar-refractivity contribution in [1.82, 2.24) is 0 Å². The first kappa shape index (κ1) is 20.5. The highest BCUT2D eigenvalue weighted by Crippen LogP contribution is 2.28. The Labute approximate surface area is 168 Å². The van der Waals surface area contributed by atoms with Gasteiger partial charge >= 0.3 is 5.97 Å². The molecule has 6 nitrogen and oxygen atoms in total. The van der Waals surface area contributed by atoms with Crippen LogP contribution in [0, 0.1) is 25.6 Å². The fourth-order valence-electron chi connectivity index (χ4n) is 3.20. The number of rotatable bonds is 5. The number of carbonyl (C=O) groups excluding carboxylic acids is 3. The average Bonchev–Trinajstić information content (AvgIpc) is 3.06. The molecule has 1 N–H and O–H groups in total. The van der Waals surface area contributed by atoms with Crippen LogP contribution in [-0.4, -0.2) is 30.4 Å². The average molecular weight is 398 g/mol. The minimum absolute atomic E-state index is 0.0178. The normalized spacial score (nSPS) is 17.2. The molecule has 0 saturated carbocycles. The van der Waals surface area contributed by atoms with Crippen molar-refractivity contribution in [3.05, 3.63) is 59.4 Å². The second-order valence-corrected chi connectivity index (χ2v) is 7.24. The number of aryl methyl sites for hydroxylation is 2. The number of esters is 1. The van der Waals surface area contributed by atoms with Crippen molar-refractivity contribution in [2.24, 2.45) is 5.92 Å². The lowest BCUT2D eigenvalue weighted by atomic mass is 10.1. The topological polar surface area (TPSA) is 75.7 Å². The number of nitrogens with one attached hydrogen (secondary N) is 1. The Morgan fingerprint density at radius 2 is 1.93 bits per heavy atom. The molecule has 3 rings (SSSR count). The SMILES string of the molecule is Cc1ccc(C)c(NC(=O)[C@H](C)OC(=O)[C@H]2CC(=O)N(c3ccccc3F)C2)c1. The third kappa shape index (κ3) is 4.62. The van der Waals surface area contributed by atoms with Gasteiger partial charge in [0.05, 0.1) is 11.6 Å². The second-order valence-electron chi connectivity index (χ2n) is 7.24. The molecule has 7 heteroatoms. The van der Waals surface area contributed by atoms with Gasteiger partial charge in [0.25, 0.3) is 5.91 Å². The summed E-state index contributed by atoms with van der Waals surface area (Å²) < 4.78 is 19.2. The van der Waals surface area contributed by atoms with Crippen LogP contribution >= 0.6 is 0 Å². The molecule has 0 aliphatic carbocycles. The van der Waals surface area contributed by atoms with E-state index in [0.29, 0.717) is 5.69 Å². The maximum Gasteiger partial charge on any atom is 0.312 e. The molecule has 1 saturated heterocycles. The quantitative estimate of drug-likeness (QED) is 0.784. The first-order valence-corrected chi connectivity index (χ1v) is 9.39. The molecule has 2 atom stereocenters. The summed E-state index contributed by atoms with van der Waals surface area (Å²) in [7, 11) is 0. The van der Waals surface area contributed by atoms with Crippen molar-refractivity contribution in [2.75, 3.05) is 16.8 Å². The van der Waals surface area contributed by atoms with Crippen LogP contribution in [0.4, 0.5) is 15.8 Å². The first-order valence-electron chi connectivity index (χ1n) is 9.39. The monoisotopic (exact) mass is 398 g/mol. The van der Waals surface area contributed by atoms with E-state index in [-0.39, 0.29) is 24.6 Å². The van der Waals surface area contributed by atoms with Gasteiger partial charge in [0.1, 0.15) is 5.82 Å². The molecule has 1 aliphatic heterocycles. The Morgan fingerprint density at radius 3 is 2.66 bits per heavy atom. The third-order valence-electron chi connectivity index (χ3n) is 4.91. The lowest BCUT2D eigenvalue weighted by Gasteiger charge is -2.18. The van der Waals surface area contributed by atoms with Gasteiger partial charge in [0, 0.05) is 18.7 Å². The van der Waals surface area contributed by atoms with Gasteiger partial charge in [-0.3, -0.25) is 14.4 Å². The van der Waals surface area contributed by atoms with Crippen LogP contribution in [-0.2, 0) is 19.1 Å². The maximum absolute atomic E-state index is 14.0. The van der Waals surface area contributed by atoms with Crippen molar-refractivity contribution in [3.63, 3.8) is 0 Å². The Hall–Kier alpha value is -3.22. The number of benzene rings is 2. The van der Waals surface area contributed by atoms with Gasteiger partial charge in [-0.1, -0.05) is 24.3 Å². The van der Waals surface area contributed by atoms with Crippen LogP contribution in [0.1, 0.15) is 24.5 Å². The summed E-state index contributed by atoms with van der Waals surface area (Å²) in [5, 5.41) is 2.75. The highest BCUT2D eigenvalue weighted by Gasteiger charge is 2.38. The van der Waals surface area contributed by atoms with Crippen LogP contribution in [0.25, 0.3) is 0 Å². The Morgan fingerprint density at radius 1 is 1.21 bits per heavy atom. The summed E-state index contributed by atoms with van der Waals surface area (Å²) in [5.41, 5.74) is 2.67. The summed E-state index contributed by atoms with van der Waals surface area (Å²) in [6, 6.07) is 11.6. The van der Waals surface area contributed by atoms with Crippen LogP contribution in [0.15, 0.2) is 42.5 Å². The van der Waals surface area contributed by atoms with E-state index in [9.17, 15) is 18.8 Å². The number of ether oxygens (including phenoxy) is 1. The van der Waals surface area contributed by atoms with Gasteiger partial charge in [-0.15, -0.1) is 0 Å². The van der Waals surface area contributed by atoms with Crippen LogP contribution < -0.4 is 10.2 Å². The Balaban J connectivity index is 1.61. The van der Waals surface area contributed by atoms with Gasteiger partial charge in [-0.2, -0.15) is 0 Å². The second kappa shape index (κ2) is 8.43. The lowest BCUT2D eigenvalue weighted by molar-refractivity contribution is -0.157. The number of halogens is 1. The highest BCUT2D eigenvalue weighted by molar-refractivity contribution is 6.00. The van der Waals surface area contributed by atoms with E-state index >= 15 is 0 Å². The van der Waals surface area contributed by atoms with Gasteiger partial charge in [0.15, 0.2) is 6.10 Å². The molecule has 0 radical (unpaired) electrons. The third-order valence-corrected chi connectivity index (χ3v) is 4.91. The molecular weight excluding hydrogens is 375 g/mol. The van der Waals surface area contributed by atoms with Crippen molar-refractivity contribution >= 4 is 29.2 Å². The number of carbonyl (C=O) groups is 3. The zero-order valence-corrected chi connectivity index (χ0v) is 16.6. The van der Waals surface area contributed by atoms with E-state index in [2.05, 4.69) is 5.32 Å². The van der Waals surface area contributed by atoms with E-state index in [4.69, 9.17) is 4.74 Å². The summed E-state index contributed by atoms with van der Waals surface area (Å²) in [5.74, 6) is -2.75. The number of hydrogen-bond donors (Lipinski definition) is 1. The predicted octanol–water partition coefficient (Wildman–Crippen LogP) is 3.37. The summed E-state index contributed by atoms with van der Waals surface area (Å²) in [4.78, 5) is 38.4. The van der Waals surface area contributed by atoms with Gasteiger partial charge < -0.3 is 15.0 Å². The fraction of sp³-hybridized carbons (Fsp3) is 0.318. The number of nitrogens with zero attached hydrogens (tertiary/aromatic N) is 1. The van der Waals surface area contributed by atoms with Crippen LogP contribution in [0.5, 0.6) is 0 Å². The van der Waals surface area contributed by atoms with Crippen LogP contribution in [0.2, 0.25) is 0 Å². The zero-order chi connectivity index (χ0) is 21.1.